The quantitative estimate of drug-likeness (QED) is 0.768. The fraction of sp³-hybridized carbons (Fsp3) is 0.381. The summed E-state index contributed by atoms with van der Waals surface area (Å²) in [6.45, 7) is 7.22. The Hall–Kier alpha value is -2.73. The first-order chi connectivity index (χ1) is 13.0. The Balaban J connectivity index is 1.67. The average molecular weight is 363 g/mol. The maximum absolute atomic E-state index is 6.03. The van der Waals surface area contributed by atoms with Crippen molar-refractivity contribution in [3.05, 3.63) is 53.9 Å². The minimum absolute atomic E-state index is 0.271. The Morgan fingerprint density at radius 1 is 1.00 bits per heavy atom. The second-order valence-corrected chi connectivity index (χ2v) is 7.62. The largest absolute Gasteiger partial charge is 0.378 e. The van der Waals surface area contributed by atoms with Gasteiger partial charge in [-0.15, -0.1) is 0 Å². The molecule has 0 spiro atoms. The molecule has 1 fully saturated rings. The van der Waals surface area contributed by atoms with Gasteiger partial charge in [0.1, 0.15) is 5.82 Å². The summed E-state index contributed by atoms with van der Waals surface area (Å²) in [5.41, 5.74) is 7.03. The van der Waals surface area contributed by atoms with Crippen LogP contribution in [0.25, 0.3) is 10.8 Å². The van der Waals surface area contributed by atoms with Crippen LogP contribution in [0.1, 0.15) is 25.2 Å². The standard InChI is InChI=1S/C21H25N5O/c1-21(2,14-16-8-5-7-15-6-3-4-9-17(15)16)18-23-19(22)25-20(24-18)26-10-12-27-13-11-26/h3-9H,10-14H2,1-2H3,(H2,22,23,24,25). The molecule has 6 nitrogen and oxygen atoms in total. The van der Waals surface area contributed by atoms with E-state index >= 15 is 0 Å². The highest BCUT2D eigenvalue weighted by molar-refractivity contribution is 5.85. The van der Waals surface area contributed by atoms with Crippen molar-refractivity contribution in [2.24, 2.45) is 0 Å². The minimum atomic E-state index is -0.276. The molecule has 0 unspecified atom stereocenters. The highest BCUT2D eigenvalue weighted by Gasteiger charge is 2.28. The number of aromatic nitrogens is 3. The molecule has 0 saturated carbocycles. The van der Waals surface area contributed by atoms with E-state index < -0.39 is 0 Å². The predicted octanol–water partition coefficient (Wildman–Crippen LogP) is 2.96. The molecule has 0 atom stereocenters. The molecule has 3 aromatic rings. The summed E-state index contributed by atoms with van der Waals surface area (Å²) in [6, 6.07) is 14.9. The van der Waals surface area contributed by atoms with Crippen LogP contribution in [0.15, 0.2) is 42.5 Å². The van der Waals surface area contributed by atoms with Crippen LogP contribution in [0, 0.1) is 0 Å². The molecular formula is C21H25N5O. The molecule has 0 aliphatic carbocycles. The second kappa shape index (κ2) is 7.12. The Kier molecular flexibility index (Phi) is 4.66. The fourth-order valence-electron chi connectivity index (χ4n) is 3.59. The number of morpholine rings is 1. The lowest BCUT2D eigenvalue weighted by Gasteiger charge is -2.29. The van der Waals surface area contributed by atoms with E-state index in [1.165, 1.54) is 16.3 Å². The molecule has 0 bridgehead atoms. The molecule has 27 heavy (non-hydrogen) atoms. The van der Waals surface area contributed by atoms with Crippen molar-refractivity contribution in [2.45, 2.75) is 25.7 Å². The van der Waals surface area contributed by atoms with E-state index in [1.54, 1.807) is 0 Å². The van der Waals surface area contributed by atoms with Gasteiger partial charge in [0.2, 0.25) is 11.9 Å². The summed E-state index contributed by atoms with van der Waals surface area (Å²) < 4.78 is 5.42. The third kappa shape index (κ3) is 3.71. The first kappa shape index (κ1) is 17.7. The average Bonchev–Trinajstić information content (AvgIpc) is 2.68. The van der Waals surface area contributed by atoms with Gasteiger partial charge in [0, 0.05) is 18.5 Å². The van der Waals surface area contributed by atoms with Gasteiger partial charge < -0.3 is 15.4 Å². The van der Waals surface area contributed by atoms with E-state index in [0.717, 1.165) is 25.3 Å². The SMILES string of the molecule is CC(C)(Cc1cccc2ccccc12)c1nc(N)nc(N2CCOCC2)n1. The summed E-state index contributed by atoms with van der Waals surface area (Å²) in [6.07, 6.45) is 0.820. The monoisotopic (exact) mass is 363 g/mol. The van der Waals surface area contributed by atoms with Gasteiger partial charge >= 0.3 is 0 Å². The second-order valence-electron chi connectivity index (χ2n) is 7.62. The summed E-state index contributed by atoms with van der Waals surface area (Å²) in [5, 5.41) is 2.51. The molecule has 2 aromatic carbocycles. The van der Waals surface area contributed by atoms with Gasteiger partial charge in [0.05, 0.1) is 13.2 Å². The van der Waals surface area contributed by atoms with Crippen LogP contribution in [0.4, 0.5) is 11.9 Å². The van der Waals surface area contributed by atoms with Crippen molar-refractivity contribution in [3.63, 3.8) is 0 Å². The molecule has 6 heteroatoms. The van der Waals surface area contributed by atoms with Crippen LogP contribution >= 0.6 is 0 Å². The van der Waals surface area contributed by atoms with Gasteiger partial charge in [0.25, 0.3) is 0 Å². The molecular weight excluding hydrogens is 338 g/mol. The van der Waals surface area contributed by atoms with Gasteiger partial charge in [-0.25, -0.2) is 0 Å². The van der Waals surface area contributed by atoms with Crippen LogP contribution in [0.3, 0.4) is 0 Å². The normalized spacial score (nSPS) is 15.3. The minimum Gasteiger partial charge on any atom is -0.378 e. The molecule has 4 rings (SSSR count). The van der Waals surface area contributed by atoms with E-state index in [2.05, 4.69) is 71.2 Å². The molecule has 0 radical (unpaired) electrons. The number of ether oxygens (including phenoxy) is 1. The fourth-order valence-corrected chi connectivity index (χ4v) is 3.59. The van der Waals surface area contributed by atoms with Crippen LogP contribution in [-0.4, -0.2) is 41.3 Å². The van der Waals surface area contributed by atoms with Gasteiger partial charge in [-0.1, -0.05) is 56.3 Å². The highest BCUT2D eigenvalue weighted by atomic mass is 16.5. The maximum Gasteiger partial charge on any atom is 0.230 e. The Morgan fingerprint density at radius 3 is 2.56 bits per heavy atom. The molecule has 1 saturated heterocycles. The van der Waals surface area contributed by atoms with Crippen LogP contribution < -0.4 is 10.6 Å². The lowest BCUT2D eigenvalue weighted by molar-refractivity contribution is 0.122. The molecule has 1 aromatic heterocycles. The number of hydrogen-bond donors (Lipinski definition) is 1. The molecule has 0 amide bonds. The lowest BCUT2D eigenvalue weighted by Crippen LogP contribution is -2.38. The van der Waals surface area contributed by atoms with Gasteiger partial charge in [-0.3, -0.25) is 0 Å². The van der Waals surface area contributed by atoms with Crippen molar-refractivity contribution in [1.29, 1.82) is 0 Å². The number of rotatable bonds is 4. The molecule has 140 valence electrons. The zero-order chi connectivity index (χ0) is 18.9. The van der Waals surface area contributed by atoms with Crippen LogP contribution in [0.5, 0.6) is 0 Å². The number of nitrogens with zero attached hydrogens (tertiary/aromatic N) is 4. The van der Waals surface area contributed by atoms with Crippen molar-refractivity contribution in [2.75, 3.05) is 36.9 Å². The van der Waals surface area contributed by atoms with Crippen molar-refractivity contribution >= 4 is 22.7 Å². The van der Waals surface area contributed by atoms with Crippen molar-refractivity contribution in [3.8, 4) is 0 Å². The van der Waals surface area contributed by atoms with E-state index in [-0.39, 0.29) is 11.4 Å². The number of benzene rings is 2. The number of hydrogen-bond acceptors (Lipinski definition) is 6. The van der Waals surface area contributed by atoms with Crippen LogP contribution in [-0.2, 0) is 16.6 Å². The molecule has 1 aliphatic rings. The number of nitrogen functional groups attached to an aromatic ring is 1. The maximum atomic E-state index is 6.03. The molecule has 2 heterocycles. The number of anilines is 2. The van der Waals surface area contributed by atoms with E-state index in [9.17, 15) is 0 Å². The zero-order valence-electron chi connectivity index (χ0n) is 15.9. The smallest absolute Gasteiger partial charge is 0.230 e. The molecule has 2 N–H and O–H groups in total. The predicted molar refractivity (Wildman–Crippen MR) is 108 cm³/mol. The van der Waals surface area contributed by atoms with Crippen molar-refractivity contribution < 1.29 is 4.74 Å². The van der Waals surface area contributed by atoms with Gasteiger partial charge in [-0.2, -0.15) is 15.0 Å². The van der Waals surface area contributed by atoms with E-state index in [4.69, 9.17) is 15.5 Å². The summed E-state index contributed by atoms with van der Waals surface area (Å²) in [4.78, 5) is 15.7. The van der Waals surface area contributed by atoms with Crippen molar-refractivity contribution in [1.82, 2.24) is 15.0 Å². The van der Waals surface area contributed by atoms with Gasteiger partial charge in [0.15, 0.2) is 0 Å². The molecule has 1 aliphatic heterocycles. The number of nitrogens with two attached hydrogens (primary N) is 1. The Bertz CT molecular complexity index is 945. The summed E-state index contributed by atoms with van der Waals surface area (Å²) in [7, 11) is 0. The van der Waals surface area contributed by atoms with E-state index in [1.807, 2.05) is 0 Å². The first-order valence-electron chi connectivity index (χ1n) is 9.34. The topological polar surface area (TPSA) is 77.2 Å². The summed E-state index contributed by atoms with van der Waals surface area (Å²) in [5.74, 6) is 1.64. The first-order valence-corrected chi connectivity index (χ1v) is 9.34. The highest BCUT2D eigenvalue weighted by Crippen LogP contribution is 2.30. The third-order valence-electron chi connectivity index (χ3n) is 5.05. The van der Waals surface area contributed by atoms with E-state index in [0.29, 0.717) is 19.2 Å². The lowest BCUT2D eigenvalue weighted by atomic mass is 9.83. The van der Waals surface area contributed by atoms with Crippen LogP contribution in [0.2, 0.25) is 0 Å². The summed E-state index contributed by atoms with van der Waals surface area (Å²) >= 11 is 0. The number of fused-ring (bicyclic) bond motifs is 1. The third-order valence-corrected chi connectivity index (χ3v) is 5.05. The zero-order valence-corrected chi connectivity index (χ0v) is 15.9. The Labute approximate surface area is 159 Å². The van der Waals surface area contributed by atoms with Gasteiger partial charge in [-0.05, 0) is 22.8 Å². The Morgan fingerprint density at radius 2 is 1.74 bits per heavy atom.